The van der Waals surface area contributed by atoms with Crippen LogP contribution in [0.1, 0.15) is 48.9 Å². The van der Waals surface area contributed by atoms with E-state index < -0.39 is 5.82 Å². The highest BCUT2D eigenvalue weighted by molar-refractivity contribution is 5.97. The van der Waals surface area contributed by atoms with Crippen molar-refractivity contribution in [1.82, 2.24) is 9.80 Å². The predicted octanol–water partition coefficient (Wildman–Crippen LogP) is 3.31. The highest BCUT2D eigenvalue weighted by atomic mass is 19.1. The van der Waals surface area contributed by atoms with Gasteiger partial charge in [0.1, 0.15) is 17.1 Å². The Morgan fingerprint density at radius 3 is 2.71 bits per heavy atom. The zero-order valence-corrected chi connectivity index (χ0v) is 14.5. The first-order chi connectivity index (χ1) is 11.7. The molecule has 2 aliphatic heterocycles. The maximum absolute atomic E-state index is 14.3. The lowest BCUT2D eigenvalue weighted by molar-refractivity contribution is 0.0579. The lowest BCUT2D eigenvalue weighted by atomic mass is 9.97. The summed E-state index contributed by atoms with van der Waals surface area (Å²) in [4.78, 5) is 17.3. The van der Waals surface area contributed by atoms with Crippen molar-refractivity contribution in [3.05, 3.63) is 29.6 Å². The Morgan fingerprint density at radius 2 is 1.96 bits per heavy atom. The summed E-state index contributed by atoms with van der Waals surface area (Å²) in [5.74, 6) is -0.400. The molecule has 0 saturated carbocycles. The molecular weight excluding hydrogens is 307 g/mol. The van der Waals surface area contributed by atoms with Crippen LogP contribution in [0.2, 0.25) is 0 Å². The van der Waals surface area contributed by atoms with Gasteiger partial charge in [0, 0.05) is 19.1 Å². The number of piperidine rings is 1. The van der Waals surface area contributed by atoms with E-state index in [2.05, 4.69) is 4.90 Å². The summed E-state index contributed by atoms with van der Waals surface area (Å²) >= 11 is 0. The minimum absolute atomic E-state index is 0.0769. The van der Waals surface area contributed by atoms with Gasteiger partial charge in [-0.2, -0.15) is 0 Å². The van der Waals surface area contributed by atoms with Crippen molar-refractivity contribution >= 4 is 5.91 Å². The van der Waals surface area contributed by atoms with E-state index in [0.717, 1.165) is 32.2 Å². The Morgan fingerprint density at radius 1 is 1.21 bits per heavy atom. The summed E-state index contributed by atoms with van der Waals surface area (Å²) in [7, 11) is 1.48. The molecule has 132 valence electrons. The van der Waals surface area contributed by atoms with Crippen molar-refractivity contribution in [3.63, 3.8) is 0 Å². The van der Waals surface area contributed by atoms with Gasteiger partial charge in [-0.3, -0.25) is 4.79 Å². The van der Waals surface area contributed by atoms with Crippen LogP contribution in [0.3, 0.4) is 0 Å². The Labute approximate surface area is 143 Å². The molecule has 2 aliphatic rings. The molecule has 1 amide bonds. The maximum atomic E-state index is 14.3. The molecule has 1 aromatic carbocycles. The van der Waals surface area contributed by atoms with Gasteiger partial charge in [0.2, 0.25) is 0 Å². The molecule has 1 atom stereocenters. The first-order valence-electron chi connectivity index (χ1n) is 9.06. The fourth-order valence-electron chi connectivity index (χ4n) is 3.93. The number of methoxy groups -OCH3 is 1. The van der Waals surface area contributed by atoms with E-state index >= 15 is 0 Å². The van der Waals surface area contributed by atoms with Crippen LogP contribution in [0.25, 0.3) is 0 Å². The zero-order valence-electron chi connectivity index (χ0n) is 14.5. The third-order valence-electron chi connectivity index (χ3n) is 5.27. The second-order valence-corrected chi connectivity index (χ2v) is 6.80. The Balaban J connectivity index is 1.73. The van der Waals surface area contributed by atoms with Crippen LogP contribution in [0.5, 0.6) is 5.75 Å². The van der Waals surface area contributed by atoms with Gasteiger partial charge in [-0.05, 0) is 63.7 Å². The Kier molecular flexibility index (Phi) is 5.72. The van der Waals surface area contributed by atoms with Crippen LogP contribution in [-0.4, -0.2) is 55.0 Å². The van der Waals surface area contributed by atoms with Crippen LogP contribution in [0.4, 0.5) is 4.39 Å². The Bertz CT molecular complexity index is 572. The second-order valence-electron chi connectivity index (χ2n) is 6.80. The number of nitrogens with zero attached hydrogens (tertiary/aromatic N) is 2. The number of carbonyl (C=O) groups excluding carboxylic acids is 1. The predicted molar refractivity (Wildman–Crippen MR) is 91.9 cm³/mol. The minimum atomic E-state index is -0.497. The minimum Gasteiger partial charge on any atom is -0.496 e. The molecule has 4 nitrogen and oxygen atoms in total. The number of hydrogen-bond donors (Lipinski definition) is 0. The van der Waals surface area contributed by atoms with E-state index in [9.17, 15) is 9.18 Å². The van der Waals surface area contributed by atoms with Gasteiger partial charge in [-0.25, -0.2) is 4.39 Å². The van der Waals surface area contributed by atoms with Crippen LogP contribution < -0.4 is 4.74 Å². The zero-order chi connectivity index (χ0) is 16.9. The third-order valence-corrected chi connectivity index (χ3v) is 5.27. The van der Waals surface area contributed by atoms with Crippen molar-refractivity contribution in [2.24, 2.45) is 0 Å². The van der Waals surface area contributed by atoms with E-state index in [1.54, 1.807) is 12.1 Å². The van der Waals surface area contributed by atoms with Crippen LogP contribution in [-0.2, 0) is 0 Å². The average molecular weight is 334 g/mol. The molecular formula is C19H27FN2O2. The molecule has 0 radical (unpaired) electrons. The van der Waals surface area contributed by atoms with Gasteiger partial charge in [0.25, 0.3) is 5.91 Å². The van der Waals surface area contributed by atoms with E-state index in [1.165, 1.54) is 39.1 Å². The SMILES string of the molecule is COc1cccc(F)c1C(=O)N1CCCCC1CCN1CCCC1. The molecule has 0 spiro atoms. The molecule has 3 rings (SSSR count). The molecule has 2 saturated heterocycles. The van der Waals surface area contributed by atoms with Crippen LogP contribution in [0.15, 0.2) is 18.2 Å². The second kappa shape index (κ2) is 7.97. The molecule has 24 heavy (non-hydrogen) atoms. The molecule has 1 aromatic rings. The van der Waals surface area contributed by atoms with E-state index in [0.29, 0.717) is 12.3 Å². The lowest BCUT2D eigenvalue weighted by Gasteiger charge is -2.37. The lowest BCUT2D eigenvalue weighted by Crippen LogP contribution is -2.45. The van der Waals surface area contributed by atoms with Crippen LogP contribution in [0, 0.1) is 5.82 Å². The van der Waals surface area contributed by atoms with Crippen molar-refractivity contribution < 1.29 is 13.9 Å². The number of benzene rings is 1. The fraction of sp³-hybridized carbons (Fsp3) is 0.632. The van der Waals surface area contributed by atoms with Gasteiger partial charge in [0.15, 0.2) is 0 Å². The summed E-state index contributed by atoms with van der Waals surface area (Å²) in [6, 6.07) is 4.76. The van der Waals surface area contributed by atoms with E-state index in [4.69, 9.17) is 4.74 Å². The smallest absolute Gasteiger partial charge is 0.260 e. The van der Waals surface area contributed by atoms with E-state index in [1.807, 2.05) is 4.90 Å². The van der Waals surface area contributed by atoms with Gasteiger partial charge in [-0.1, -0.05) is 6.07 Å². The van der Waals surface area contributed by atoms with Crippen molar-refractivity contribution in [2.45, 2.75) is 44.6 Å². The van der Waals surface area contributed by atoms with Gasteiger partial charge in [0.05, 0.1) is 7.11 Å². The highest BCUT2D eigenvalue weighted by Crippen LogP contribution is 2.28. The molecule has 5 heteroatoms. The summed E-state index contributed by atoms with van der Waals surface area (Å²) in [5.41, 5.74) is 0.0769. The number of rotatable bonds is 5. The van der Waals surface area contributed by atoms with Crippen molar-refractivity contribution in [2.75, 3.05) is 33.3 Å². The number of ether oxygens (including phenoxy) is 1. The molecule has 0 aromatic heterocycles. The van der Waals surface area contributed by atoms with Gasteiger partial charge >= 0.3 is 0 Å². The molecule has 1 unspecified atom stereocenters. The number of amides is 1. The Hall–Kier alpha value is -1.62. The first kappa shape index (κ1) is 17.2. The monoisotopic (exact) mass is 334 g/mol. The average Bonchev–Trinajstić information content (AvgIpc) is 3.13. The summed E-state index contributed by atoms with van der Waals surface area (Å²) < 4.78 is 19.5. The molecule has 0 aliphatic carbocycles. The topological polar surface area (TPSA) is 32.8 Å². The number of carbonyl (C=O) groups is 1. The molecule has 0 N–H and O–H groups in total. The molecule has 2 heterocycles. The third kappa shape index (κ3) is 3.72. The molecule has 2 fully saturated rings. The van der Waals surface area contributed by atoms with Crippen LogP contribution >= 0.6 is 0 Å². The summed E-state index contributed by atoms with van der Waals surface area (Å²) in [6.07, 6.45) is 6.67. The highest BCUT2D eigenvalue weighted by Gasteiger charge is 2.31. The number of hydrogen-bond acceptors (Lipinski definition) is 3. The quantitative estimate of drug-likeness (QED) is 0.828. The maximum Gasteiger partial charge on any atom is 0.260 e. The molecule has 0 bridgehead atoms. The number of likely N-dealkylation sites (tertiary alicyclic amines) is 2. The van der Waals surface area contributed by atoms with E-state index in [-0.39, 0.29) is 17.5 Å². The summed E-state index contributed by atoms with van der Waals surface area (Å²) in [5, 5.41) is 0. The van der Waals surface area contributed by atoms with Crippen molar-refractivity contribution in [1.29, 1.82) is 0 Å². The standard InChI is InChI=1S/C19H27FN2O2/c1-24-17-9-6-8-16(20)18(17)19(23)22-13-3-2-7-15(22)10-14-21-11-4-5-12-21/h6,8-9,15H,2-5,7,10-14H2,1H3. The normalized spacial score (nSPS) is 21.9. The van der Waals surface area contributed by atoms with Gasteiger partial charge < -0.3 is 14.5 Å². The van der Waals surface area contributed by atoms with Gasteiger partial charge in [-0.15, -0.1) is 0 Å². The van der Waals surface area contributed by atoms with Crippen molar-refractivity contribution in [3.8, 4) is 5.75 Å². The fourth-order valence-corrected chi connectivity index (χ4v) is 3.93. The largest absolute Gasteiger partial charge is 0.496 e. The first-order valence-corrected chi connectivity index (χ1v) is 9.06. The number of halogens is 1. The summed E-state index contributed by atoms with van der Waals surface area (Å²) in [6.45, 7) is 4.08.